The zero-order valence-electron chi connectivity index (χ0n) is 6.92. The van der Waals surface area contributed by atoms with Gasteiger partial charge in [0.15, 0.2) is 0 Å². The number of nitrogens with zero attached hydrogens (tertiary/aromatic N) is 1. The van der Waals surface area contributed by atoms with E-state index in [1.54, 1.807) is 0 Å². The summed E-state index contributed by atoms with van der Waals surface area (Å²) in [5.74, 6) is -0.216. The minimum absolute atomic E-state index is 0.117. The van der Waals surface area contributed by atoms with E-state index in [1.807, 2.05) is 6.42 Å². The predicted molar refractivity (Wildman–Crippen MR) is 43.8 cm³/mol. The second-order valence-electron chi connectivity index (χ2n) is 2.85. The highest BCUT2D eigenvalue weighted by Gasteiger charge is 2.25. The van der Waals surface area contributed by atoms with Gasteiger partial charge in [-0.2, -0.15) is 0 Å². The first-order valence-electron chi connectivity index (χ1n) is 4.12. The summed E-state index contributed by atoms with van der Waals surface area (Å²) < 4.78 is 0. The van der Waals surface area contributed by atoms with Crippen LogP contribution in [0.15, 0.2) is 0 Å². The summed E-state index contributed by atoms with van der Waals surface area (Å²) in [6.07, 6.45) is 4.18. The van der Waals surface area contributed by atoms with Crippen LogP contribution in [0.4, 0.5) is 0 Å². The number of carbonyl (C=O) groups is 1. The van der Waals surface area contributed by atoms with Gasteiger partial charge in [0, 0.05) is 0 Å². The largest absolute Gasteiger partial charge is 0.368 e. The van der Waals surface area contributed by atoms with Crippen LogP contribution < -0.4 is 5.73 Å². The lowest BCUT2D eigenvalue weighted by Gasteiger charge is -2.32. The van der Waals surface area contributed by atoms with Gasteiger partial charge in [-0.25, -0.2) is 0 Å². The Labute approximate surface area is 67.5 Å². The normalized spacial score (nSPS) is 26.8. The molecule has 0 aromatic rings. The zero-order chi connectivity index (χ0) is 8.27. The van der Waals surface area contributed by atoms with E-state index >= 15 is 0 Å². The van der Waals surface area contributed by atoms with Crippen molar-refractivity contribution >= 4 is 5.91 Å². The summed E-state index contributed by atoms with van der Waals surface area (Å²) >= 11 is 0. The fourth-order valence-corrected chi connectivity index (χ4v) is 1.51. The van der Waals surface area contributed by atoms with Crippen molar-refractivity contribution in [2.75, 3.05) is 13.1 Å². The first-order chi connectivity index (χ1) is 5.25. The van der Waals surface area contributed by atoms with E-state index in [0.29, 0.717) is 0 Å². The Hall–Kier alpha value is -0.570. The van der Waals surface area contributed by atoms with Gasteiger partial charge in [0.1, 0.15) is 0 Å². The van der Waals surface area contributed by atoms with Crippen LogP contribution in [0.1, 0.15) is 19.8 Å². The van der Waals surface area contributed by atoms with Crippen molar-refractivity contribution in [3.8, 4) is 0 Å². The number of likely N-dealkylation sites (N-methyl/N-ethyl adjacent to an activating group) is 1. The molecule has 0 aliphatic carbocycles. The van der Waals surface area contributed by atoms with E-state index in [9.17, 15) is 4.79 Å². The molecule has 63 valence electrons. The highest BCUT2D eigenvalue weighted by atomic mass is 16.1. The van der Waals surface area contributed by atoms with Gasteiger partial charge in [-0.15, -0.1) is 0 Å². The smallest absolute Gasteiger partial charge is 0.235 e. The summed E-state index contributed by atoms with van der Waals surface area (Å²) in [6.45, 7) is 3.96. The van der Waals surface area contributed by atoms with Crippen LogP contribution in [0.3, 0.4) is 0 Å². The number of nitrogens with two attached hydrogens (primary N) is 1. The van der Waals surface area contributed by atoms with Crippen molar-refractivity contribution < 1.29 is 4.79 Å². The third-order valence-electron chi connectivity index (χ3n) is 2.13. The minimum Gasteiger partial charge on any atom is -0.368 e. The molecular weight excluding hydrogens is 140 g/mol. The molecule has 3 heteroatoms. The Morgan fingerprint density at radius 1 is 1.82 bits per heavy atom. The van der Waals surface area contributed by atoms with Crippen molar-refractivity contribution in [3.63, 3.8) is 0 Å². The van der Waals surface area contributed by atoms with Gasteiger partial charge in [0.25, 0.3) is 0 Å². The molecule has 1 atom stereocenters. The SMILES string of the molecule is CCN1CCC[CH]C1C(N)=O. The Morgan fingerprint density at radius 2 is 2.55 bits per heavy atom. The fourth-order valence-electron chi connectivity index (χ4n) is 1.51. The van der Waals surface area contributed by atoms with Crippen LogP contribution in [-0.4, -0.2) is 29.9 Å². The second kappa shape index (κ2) is 3.72. The Bertz CT molecular complexity index is 147. The molecule has 0 saturated carbocycles. The van der Waals surface area contributed by atoms with Crippen molar-refractivity contribution in [3.05, 3.63) is 6.42 Å². The van der Waals surface area contributed by atoms with Crippen LogP contribution in [0, 0.1) is 6.42 Å². The predicted octanol–water partition coefficient (Wildman–Crippen LogP) is 0.160. The standard InChI is InChI=1S/C8H15N2O/c1-2-10-6-4-3-5-7(10)8(9)11/h5,7H,2-4,6H2,1H3,(H2,9,11). The Morgan fingerprint density at radius 3 is 3.00 bits per heavy atom. The number of likely N-dealkylation sites (tertiary alicyclic amines) is 1. The molecule has 1 amide bonds. The van der Waals surface area contributed by atoms with Crippen LogP contribution in [0.2, 0.25) is 0 Å². The molecule has 1 aliphatic heterocycles. The van der Waals surface area contributed by atoms with Gasteiger partial charge in [-0.3, -0.25) is 9.69 Å². The maximum absolute atomic E-state index is 10.9. The molecule has 1 unspecified atom stereocenters. The van der Waals surface area contributed by atoms with Gasteiger partial charge in [0.05, 0.1) is 6.04 Å². The third kappa shape index (κ3) is 1.93. The molecule has 0 bridgehead atoms. The number of amides is 1. The van der Waals surface area contributed by atoms with Gasteiger partial charge < -0.3 is 5.73 Å². The van der Waals surface area contributed by atoms with Crippen molar-refractivity contribution in [1.29, 1.82) is 0 Å². The maximum atomic E-state index is 10.9. The summed E-state index contributed by atoms with van der Waals surface area (Å²) in [6, 6.07) is -0.117. The summed E-state index contributed by atoms with van der Waals surface area (Å²) in [4.78, 5) is 13.0. The van der Waals surface area contributed by atoms with E-state index < -0.39 is 0 Å². The molecule has 0 aromatic carbocycles. The molecule has 0 aromatic heterocycles. The van der Waals surface area contributed by atoms with Gasteiger partial charge >= 0.3 is 0 Å². The van der Waals surface area contributed by atoms with E-state index in [0.717, 1.165) is 25.9 Å². The number of hydrogen-bond donors (Lipinski definition) is 1. The van der Waals surface area contributed by atoms with Crippen LogP contribution >= 0.6 is 0 Å². The molecular formula is C8H15N2O. The van der Waals surface area contributed by atoms with E-state index in [2.05, 4.69) is 11.8 Å². The summed E-state index contributed by atoms with van der Waals surface area (Å²) in [5, 5.41) is 0. The van der Waals surface area contributed by atoms with Crippen LogP contribution in [-0.2, 0) is 4.79 Å². The van der Waals surface area contributed by atoms with Crippen molar-refractivity contribution in [2.24, 2.45) is 5.73 Å². The van der Waals surface area contributed by atoms with E-state index in [4.69, 9.17) is 5.73 Å². The fraction of sp³-hybridized carbons (Fsp3) is 0.750. The topological polar surface area (TPSA) is 46.3 Å². The van der Waals surface area contributed by atoms with E-state index in [-0.39, 0.29) is 11.9 Å². The van der Waals surface area contributed by atoms with Crippen LogP contribution in [0.5, 0.6) is 0 Å². The number of hydrogen-bond acceptors (Lipinski definition) is 2. The number of piperidine rings is 1. The maximum Gasteiger partial charge on any atom is 0.235 e. The lowest BCUT2D eigenvalue weighted by Crippen LogP contribution is -2.47. The quantitative estimate of drug-likeness (QED) is 0.617. The van der Waals surface area contributed by atoms with Gasteiger partial charge in [0.2, 0.25) is 5.91 Å². The molecule has 11 heavy (non-hydrogen) atoms. The average Bonchev–Trinajstić information content (AvgIpc) is 2.04. The lowest BCUT2D eigenvalue weighted by molar-refractivity contribution is -0.122. The molecule has 1 fully saturated rings. The first-order valence-corrected chi connectivity index (χ1v) is 4.12. The molecule has 1 aliphatic rings. The highest BCUT2D eigenvalue weighted by Crippen LogP contribution is 2.14. The highest BCUT2D eigenvalue weighted by molar-refractivity contribution is 5.81. The molecule has 2 N–H and O–H groups in total. The molecule has 1 radical (unpaired) electrons. The molecule has 1 rings (SSSR count). The first kappa shape index (κ1) is 8.53. The third-order valence-corrected chi connectivity index (χ3v) is 2.13. The number of primary amides is 1. The monoisotopic (exact) mass is 155 g/mol. The molecule has 0 spiro atoms. The molecule has 3 nitrogen and oxygen atoms in total. The summed E-state index contributed by atoms with van der Waals surface area (Å²) in [7, 11) is 0. The van der Waals surface area contributed by atoms with Gasteiger partial charge in [-0.05, 0) is 32.4 Å². The number of rotatable bonds is 2. The minimum atomic E-state index is -0.216. The second-order valence-corrected chi connectivity index (χ2v) is 2.85. The Balaban J connectivity index is 2.51. The lowest BCUT2D eigenvalue weighted by atomic mass is 10.0. The number of carbonyl (C=O) groups excluding carboxylic acids is 1. The van der Waals surface area contributed by atoms with Crippen LogP contribution in [0.25, 0.3) is 0 Å². The van der Waals surface area contributed by atoms with Gasteiger partial charge in [-0.1, -0.05) is 6.92 Å². The molecule has 1 saturated heterocycles. The van der Waals surface area contributed by atoms with E-state index in [1.165, 1.54) is 0 Å². The zero-order valence-corrected chi connectivity index (χ0v) is 6.92. The summed E-state index contributed by atoms with van der Waals surface area (Å²) in [5.41, 5.74) is 5.22. The van der Waals surface area contributed by atoms with Crippen molar-refractivity contribution in [1.82, 2.24) is 4.90 Å². The Kier molecular flexibility index (Phi) is 2.88. The molecule has 1 heterocycles. The van der Waals surface area contributed by atoms with Crippen molar-refractivity contribution in [2.45, 2.75) is 25.8 Å². The average molecular weight is 155 g/mol.